The third kappa shape index (κ3) is 3.35. The number of carbonyl (C=O) groups is 1. The van der Waals surface area contributed by atoms with Crippen LogP contribution in [0.4, 0.5) is 19.0 Å². The van der Waals surface area contributed by atoms with Crippen LogP contribution in [-0.4, -0.2) is 49.3 Å². The second-order valence-corrected chi connectivity index (χ2v) is 6.53. The van der Waals surface area contributed by atoms with Crippen LogP contribution in [0.25, 0.3) is 22.4 Å². The maximum absolute atomic E-state index is 13.4. The number of amides is 1. The van der Waals surface area contributed by atoms with Gasteiger partial charge in [0.05, 0.1) is 23.8 Å². The minimum absolute atomic E-state index is 0.275. The number of H-pyrrole nitrogens is 1. The van der Waals surface area contributed by atoms with Gasteiger partial charge in [-0.05, 0) is 25.3 Å². The molecule has 28 heavy (non-hydrogen) atoms. The molecule has 8 nitrogen and oxygen atoms in total. The van der Waals surface area contributed by atoms with Crippen molar-refractivity contribution < 1.29 is 18.0 Å². The summed E-state index contributed by atoms with van der Waals surface area (Å²) in [7, 11) is 0. The Bertz CT molecular complexity index is 1020. The van der Waals surface area contributed by atoms with Gasteiger partial charge in [0.2, 0.25) is 5.91 Å². The molecule has 3 heterocycles. The summed E-state index contributed by atoms with van der Waals surface area (Å²) in [5, 5.41) is 5.31. The van der Waals surface area contributed by atoms with E-state index >= 15 is 0 Å². The Balaban J connectivity index is 1.60. The summed E-state index contributed by atoms with van der Waals surface area (Å²) < 4.78 is 38.2. The maximum atomic E-state index is 13.4. The lowest BCUT2D eigenvalue weighted by Gasteiger charge is -2.41. The molecule has 1 aliphatic carbocycles. The van der Waals surface area contributed by atoms with E-state index in [1.165, 1.54) is 12.4 Å². The number of anilines is 1. The molecule has 11 heteroatoms. The minimum Gasteiger partial charge on any atom is -0.358 e. The van der Waals surface area contributed by atoms with Crippen LogP contribution in [0.1, 0.15) is 19.3 Å². The number of fused-ring (bicyclic) bond motifs is 1. The average molecular weight is 391 g/mol. The van der Waals surface area contributed by atoms with Crippen molar-refractivity contribution in [1.82, 2.24) is 30.2 Å². The van der Waals surface area contributed by atoms with Gasteiger partial charge in [-0.15, -0.1) is 0 Å². The molecule has 1 saturated carbocycles. The van der Waals surface area contributed by atoms with Crippen molar-refractivity contribution in [3.05, 3.63) is 30.7 Å². The van der Waals surface area contributed by atoms with E-state index in [9.17, 15) is 18.0 Å². The molecule has 1 amide bonds. The molecule has 3 N–H and O–H groups in total. The Morgan fingerprint density at radius 2 is 2.11 bits per heavy atom. The molecule has 0 bridgehead atoms. The lowest BCUT2D eigenvalue weighted by molar-refractivity contribution is -0.128. The van der Waals surface area contributed by atoms with Crippen LogP contribution in [0.5, 0.6) is 0 Å². The van der Waals surface area contributed by atoms with Crippen LogP contribution < -0.4 is 10.6 Å². The first kappa shape index (κ1) is 18.1. The number of nitrogens with zero attached hydrogens (tertiary/aromatic N) is 4. The molecule has 4 rings (SSSR count). The fraction of sp³-hybridized carbons (Fsp3) is 0.353. The number of nitrogens with one attached hydrogen (secondary N) is 3. The fourth-order valence-electron chi connectivity index (χ4n) is 3.14. The number of hydrogen-bond acceptors (Lipinski definition) is 6. The predicted octanol–water partition coefficient (Wildman–Crippen LogP) is 2.27. The van der Waals surface area contributed by atoms with E-state index in [1.54, 1.807) is 12.3 Å². The van der Waals surface area contributed by atoms with Gasteiger partial charge in [0.25, 0.3) is 6.43 Å². The van der Waals surface area contributed by atoms with E-state index < -0.39 is 30.5 Å². The van der Waals surface area contributed by atoms with Gasteiger partial charge in [-0.1, -0.05) is 0 Å². The van der Waals surface area contributed by atoms with Gasteiger partial charge < -0.3 is 15.6 Å². The van der Waals surface area contributed by atoms with Crippen LogP contribution in [0, 0.1) is 6.08 Å². The minimum atomic E-state index is -2.61. The van der Waals surface area contributed by atoms with E-state index in [2.05, 4.69) is 35.6 Å². The van der Waals surface area contributed by atoms with Gasteiger partial charge >= 0.3 is 6.08 Å². The van der Waals surface area contributed by atoms with E-state index in [1.807, 2.05) is 0 Å². The van der Waals surface area contributed by atoms with Gasteiger partial charge in [-0.2, -0.15) is 9.37 Å². The number of carbonyl (C=O) groups excluding carboxylic acids is 1. The zero-order valence-corrected chi connectivity index (χ0v) is 14.5. The molecular weight excluding hydrogens is 375 g/mol. The van der Waals surface area contributed by atoms with Crippen molar-refractivity contribution in [2.75, 3.05) is 11.9 Å². The average Bonchev–Trinajstić information content (AvgIpc) is 3.06. The van der Waals surface area contributed by atoms with Crippen molar-refractivity contribution in [2.24, 2.45) is 0 Å². The summed E-state index contributed by atoms with van der Waals surface area (Å²) in [5.74, 6) is 0.152. The van der Waals surface area contributed by atoms with Gasteiger partial charge in [-0.3, -0.25) is 4.79 Å². The zero-order chi connectivity index (χ0) is 19.7. The number of alkyl halides is 2. The highest BCUT2D eigenvalue weighted by Gasteiger charge is 2.44. The summed E-state index contributed by atoms with van der Waals surface area (Å²) in [4.78, 5) is 31.1. The number of hydrogen-bond donors (Lipinski definition) is 3. The third-order valence-corrected chi connectivity index (χ3v) is 4.71. The first-order valence-corrected chi connectivity index (χ1v) is 8.64. The number of aromatic nitrogens is 5. The Kier molecular flexibility index (Phi) is 4.57. The second-order valence-electron chi connectivity index (χ2n) is 6.53. The highest BCUT2D eigenvalue weighted by atomic mass is 19.3. The summed E-state index contributed by atoms with van der Waals surface area (Å²) in [5.41, 5.74) is 0.359. The summed E-state index contributed by atoms with van der Waals surface area (Å²) in [6, 6.07) is 1.58. The van der Waals surface area contributed by atoms with Crippen LogP contribution in [0.3, 0.4) is 0 Å². The van der Waals surface area contributed by atoms with Crippen molar-refractivity contribution in [2.45, 2.75) is 31.2 Å². The summed E-state index contributed by atoms with van der Waals surface area (Å²) in [6.07, 6.45) is 2.73. The SMILES string of the molecule is O=C(NCC(F)F)C1(Nc2ccnc(-c3c[nH]c4cnc(F)nc34)n2)CCC1. The van der Waals surface area contributed by atoms with E-state index in [-0.39, 0.29) is 5.82 Å². The maximum Gasteiger partial charge on any atom is 0.309 e. The second kappa shape index (κ2) is 7.06. The fourth-order valence-corrected chi connectivity index (χ4v) is 3.14. The van der Waals surface area contributed by atoms with Gasteiger partial charge in [0, 0.05) is 12.4 Å². The van der Waals surface area contributed by atoms with Crippen LogP contribution in [-0.2, 0) is 4.79 Å². The Morgan fingerprint density at radius 3 is 2.82 bits per heavy atom. The molecule has 0 saturated heterocycles. The monoisotopic (exact) mass is 391 g/mol. The highest BCUT2D eigenvalue weighted by Crippen LogP contribution is 2.35. The molecule has 0 aliphatic heterocycles. The van der Waals surface area contributed by atoms with Crippen molar-refractivity contribution in [3.63, 3.8) is 0 Å². The smallest absolute Gasteiger partial charge is 0.309 e. The lowest BCUT2D eigenvalue weighted by Crippen LogP contribution is -2.57. The van der Waals surface area contributed by atoms with Crippen molar-refractivity contribution >= 4 is 22.8 Å². The molecule has 0 radical (unpaired) electrons. The van der Waals surface area contributed by atoms with Crippen LogP contribution in [0.2, 0.25) is 0 Å². The Labute approximate surface area is 157 Å². The molecule has 0 spiro atoms. The molecule has 3 aromatic rings. The quantitative estimate of drug-likeness (QED) is 0.557. The Morgan fingerprint density at radius 1 is 1.29 bits per heavy atom. The number of rotatable bonds is 6. The van der Waals surface area contributed by atoms with E-state index in [0.29, 0.717) is 35.3 Å². The number of aromatic amines is 1. The van der Waals surface area contributed by atoms with Crippen molar-refractivity contribution in [3.8, 4) is 11.4 Å². The number of halogens is 3. The summed E-state index contributed by atoms with van der Waals surface area (Å²) >= 11 is 0. The van der Waals surface area contributed by atoms with E-state index in [4.69, 9.17) is 0 Å². The molecule has 146 valence electrons. The molecule has 0 atom stereocenters. The summed E-state index contributed by atoms with van der Waals surface area (Å²) in [6.45, 7) is -0.697. The zero-order valence-electron chi connectivity index (χ0n) is 14.5. The first-order valence-electron chi connectivity index (χ1n) is 8.64. The van der Waals surface area contributed by atoms with Crippen LogP contribution >= 0.6 is 0 Å². The largest absolute Gasteiger partial charge is 0.358 e. The molecule has 1 fully saturated rings. The van der Waals surface area contributed by atoms with Gasteiger partial charge in [-0.25, -0.2) is 23.7 Å². The first-order chi connectivity index (χ1) is 13.5. The topological polar surface area (TPSA) is 108 Å². The van der Waals surface area contributed by atoms with E-state index in [0.717, 1.165) is 6.42 Å². The molecule has 3 aromatic heterocycles. The van der Waals surface area contributed by atoms with Gasteiger partial charge in [0.1, 0.15) is 16.9 Å². The Hall–Kier alpha value is -3.24. The highest BCUT2D eigenvalue weighted by molar-refractivity contribution is 5.91. The standard InChI is InChI=1S/C17H16F3N7O/c18-11(19)8-23-15(28)17(3-1-4-17)27-12-2-5-21-14(25-12)9-6-22-10-7-24-16(20)26-13(9)10/h2,5-7,11,22H,1,3-4,8H2,(H,23,28)(H,21,25,27). The molecule has 0 unspecified atom stereocenters. The molecule has 0 aromatic carbocycles. The molecule has 1 aliphatic rings. The third-order valence-electron chi connectivity index (χ3n) is 4.71. The normalized spacial score (nSPS) is 15.4. The van der Waals surface area contributed by atoms with Crippen molar-refractivity contribution in [1.29, 1.82) is 0 Å². The van der Waals surface area contributed by atoms with Crippen LogP contribution in [0.15, 0.2) is 24.7 Å². The van der Waals surface area contributed by atoms with Gasteiger partial charge in [0.15, 0.2) is 5.82 Å². The lowest BCUT2D eigenvalue weighted by atomic mass is 9.76. The molecular formula is C17H16F3N7O. The predicted molar refractivity (Wildman–Crippen MR) is 94.1 cm³/mol.